The van der Waals surface area contributed by atoms with E-state index in [9.17, 15) is 14.7 Å². The summed E-state index contributed by atoms with van der Waals surface area (Å²) in [6.07, 6.45) is 1.70. The van der Waals surface area contributed by atoms with E-state index < -0.39 is 5.97 Å². The monoisotopic (exact) mass is 386 g/mol. The van der Waals surface area contributed by atoms with Crippen LogP contribution in [0.2, 0.25) is 0 Å². The second-order valence-corrected chi connectivity index (χ2v) is 7.16. The van der Waals surface area contributed by atoms with Crippen molar-refractivity contribution in [2.75, 3.05) is 31.1 Å². The van der Waals surface area contributed by atoms with Crippen LogP contribution in [0, 0.1) is 11.3 Å². The van der Waals surface area contributed by atoms with Gasteiger partial charge in [0.2, 0.25) is 0 Å². The number of nitrogens with zero attached hydrogens (tertiary/aromatic N) is 3. The summed E-state index contributed by atoms with van der Waals surface area (Å²) in [5, 5.41) is 19.5. The molecule has 0 bridgehead atoms. The molecule has 2 saturated heterocycles. The summed E-state index contributed by atoms with van der Waals surface area (Å²) in [6.45, 7) is 3.57. The Morgan fingerprint density at radius 1 is 1.39 bits per heavy atom. The molecule has 8 nitrogen and oxygen atoms in total. The molecular formula is C20H24N3O5-. The topological polar surface area (TPSA) is 106 Å². The number of nitriles is 1. The Hall–Kier alpha value is -2.63. The number of carboxylic acid groups (broad SMARTS) is 1. The zero-order chi connectivity index (χ0) is 20.1. The van der Waals surface area contributed by atoms with Gasteiger partial charge in [-0.1, -0.05) is 6.92 Å². The summed E-state index contributed by atoms with van der Waals surface area (Å²) in [6, 6.07) is 9.17. The molecule has 1 aromatic rings. The van der Waals surface area contributed by atoms with Gasteiger partial charge in [0.1, 0.15) is 6.10 Å². The summed E-state index contributed by atoms with van der Waals surface area (Å²) in [5.41, 5.74) is 1.26. The van der Waals surface area contributed by atoms with Crippen LogP contribution < -0.4 is 10.0 Å². The van der Waals surface area contributed by atoms with Crippen molar-refractivity contribution in [1.82, 2.24) is 4.90 Å². The van der Waals surface area contributed by atoms with Crippen molar-refractivity contribution >= 4 is 17.7 Å². The lowest BCUT2D eigenvalue weighted by atomic mass is 9.97. The average Bonchev–Trinajstić information content (AvgIpc) is 3.07. The molecule has 0 spiro atoms. The minimum atomic E-state index is -1.20. The minimum absolute atomic E-state index is 0.0830. The normalized spacial score (nSPS) is 25.4. The Labute approximate surface area is 164 Å². The number of rotatable bonds is 7. The predicted octanol–water partition coefficient (Wildman–Crippen LogP) is 0.893. The average molecular weight is 386 g/mol. The van der Waals surface area contributed by atoms with Crippen LogP contribution in [0.15, 0.2) is 24.3 Å². The highest BCUT2D eigenvalue weighted by molar-refractivity contribution is 5.89. The number of hydrogen-bond acceptors (Lipinski definition) is 7. The Balaban J connectivity index is 1.56. The van der Waals surface area contributed by atoms with E-state index in [1.165, 1.54) is 0 Å². The molecule has 0 saturated carbocycles. The number of benzene rings is 1. The molecule has 0 radical (unpaired) electrons. The van der Waals surface area contributed by atoms with Gasteiger partial charge in [-0.3, -0.25) is 9.80 Å². The van der Waals surface area contributed by atoms with Crippen LogP contribution in [0.4, 0.5) is 10.5 Å². The van der Waals surface area contributed by atoms with Gasteiger partial charge >= 0.3 is 6.09 Å². The van der Waals surface area contributed by atoms with E-state index in [1.807, 2.05) is 0 Å². The lowest BCUT2D eigenvalue weighted by molar-refractivity contribution is -0.311. The van der Waals surface area contributed by atoms with Crippen molar-refractivity contribution in [3.05, 3.63) is 29.8 Å². The summed E-state index contributed by atoms with van der Waals surface area (Å²) in [5.74, 6) is -1.20. The molecule has 2 aliphatic rings. The van der Waals surface area contributed by atoms with Crippen molar-refractivity contribution in [3.8, 4) is 6.07 Å². The predicted molar refractivity (Wildman–Crippen MR) is 98.4 cm³/mol. The van der Waals surface area contributed by atoms with Crippen molar-refractivity contribution in [2.45, 2.75) is 44.4 Å². The van der Waals surface area contributed by atoms with Crippen LogP contribution in [0.5, 0.6) is 0 Å². The highest BCUT2D eigenvalue weighted by Gasteiger charge is 2.36. The van der Waals surface area contributed by atoms with Gasteiger partial charge in [0.25, 0.3) is 0 Å². The third-order valence-corrected chi connectivity index (χ3v) is 5.32. The van der Waals surface area contributed by atoms with Gasteiger partial charge in [-0.2, -0.15) is 5.26 Å². The highest BCUT2D eigenvalue weighted by atomic mass is 16.6. The SMILES string of the molecule is CCC1CC(OCC(=O)[O-])CCN1CC1CN(c2ccc(C#N)cc2)C(=O)O1. The smallest absolute Gasteiger partial charge is 0.414 e. The molecule has 1 amide bonds. The summed E-state index contributed by atoms with van der Waals surface area (Å²) >= 11 is 0. The maximum Gasteiger partial charge on any atom is 0.414 e. The molecule has 8 heteroatoms. The van der Waals surface area contributed by atoms with Crippen LogP contribution in [0.1, 0.15) is 31.7 Å². The fraction of sp³-hybridized carbons (Fsp3) is 0.550. The van der Waals surface area contributed by atoms with E-state index in [1.54, 1.807) is 29.2 Å². The molecule has 28 heavy (non-hydrogen) atoms. The van der Waals surface area contributed by atoms with E-state index in [4.69, 9.17) is 14.7 Å². The first-order valence-corrected chi connectivity index (χ1v) is 9.54. The number of cyclic esters (lactones) is 1. The molecule has 2 heterocycles. The maximum absolute atomic E-state index is 12.3. The summed E-state index contributed by atoms with van der Waals surface area (Å²) in [7, 11) is 0. The van der Waals surface area contributed by atoms with Crippen LogP contribution >= 0.6 is 0 Å². The number of carbonyl (C=O) groups excluding carboxylic acids is 2. The highest BCUT2D eigenvalue weighted by Crippen LogP contribution is 2.26. The lowest BCUT2D eigenvalue weighted by Crippen LogP contribution is -2.48. The molecule has 1 aromatic carbocycles. The van der Waals surface area contributed by atoms with Gasteiger partial charge in [-0.05, 0) is 43.5 Å². The Bertz CT molecular complexity index is 745. The Morgan fingerprint density at radius 3 is 2.79 bits per heavy atom. The number of hydrogen-bond donors (Lipinski definition) is 0. The molecule has 3 unspecified atom stereocenters. The van der Waals surface area contributed by atoms with Gasteiger partial charge in [-0.25, -0.2) is 4.79 Å². The fourth-order valence-corrected chi connectivity index (χ4v) is 3.87. The van der Waals surface area contributed by atoms with Gasteiger partial charge in [-0.15, -0.1) is 0 Å². The molecule has 0 N–H and O–H groups in total. The number of carbonyl (C=O) groups is 2. The minimum Gasteiger partial charge on any atom is -0.548 e. The molecule has 0 aliphatic carbocycles. The van der Waals surface area contributed by atoms with Gasteiger partial charge < -0.3 is 19.4 Å². The van der Waals surface area contributed by atoms with Gasteiger partial charge in [0.05, 0.1) is 36.9 Å². The maximum atomic E-state index is 12.3. The van der Waals surface area contributed by atoms with Gasteiger partial charge in [0, 0.05) is 24.8 Å². The standard InChI is InChI=1S/C20H25N3O5/c1-2-15-9-17(27-13-19(24)25)7-8-22(15)11-18-12-23(20(26)28-18)16-5-3-14(10-21)4-6-16/h3-6,15,17-18H,2,7-9,11-13H2,1H3,(H,24,25)/p-1. The summed E-state index contributed by atoms with van der Waals surface area (Å²) in [4.78, 5) is 26.7. The molecule has 150 valence electrons. The van der Waals surface area contributed by atoms with Crippen molar-refractivity contribution in [2.24, 2.45) is 0 Å². The number of carboxylic acids is 1. The van der Waals surface area contributed by atoms with Crippen LogP contribution in [-0.2, 0) is 14.3 Å². The van der Waals surface area contributed by atoms with E-state index in [-0.39, 0.29) is 30.9 Å². The number of aliphatic carboxylic acids is 1. The zero-order valence-corrected chi connectivity index (χ0v) is 15.9. The fourth-order valence-electron chi connectivity index (χ4n) is 3.87. The molecule has 3 atom stereocenters. The third-order valence-electron chi connectivity index (χ3n) is 5.32. The number of ether oxygens (including phenoxy) is 2. The van der Waals surface area contributed by atoms with Gasteiger partial charge in [0.15, 0.2) is 0 Å². The largest absolute Gasteiger partial charge is 0.548 e. The second-order valence-electron chi connectivity index (χ2n) is 7.16. The number of likely N-dealkylation sites (tertiary alicyclic amines) is 1. The van der Waals surface area contributed by atoms with Crippen molar-refractivity contribution in [3.63, 3.8) is 0 Å². The third kappa shape index (κ3) is 4.80. The first-order valence-electron chi connectivity index (χ1n) is 9.54. The first kappa shape index (κ1) is 20.1. The lowest BCUT2D eigenvalue weighted by Gasteiger charge is -2.39. The zero-order valence-electron chi connectivity index (χ0n) is 15.9. The number of piperidine rings is 1. The van der Waals surface area contributed by atoms with Crippen molar-refractivity contribution < 1.29 is 24.2 Å². The number of amides is 1. The first-order chi connectivity index (χ1) is 13.5. The van der Waals surface area contributed by atoms with Crippen LogP contribution in [0.3, 0.4) is 0 Å². The molecule has 3 rings (SSSR count). The molecule has 2 fully saturated rings. The Morgan fingerprint density at radius 2 is 2.14 bits per heavy atom. The summed E-state index contributed by atoms with van der Waals surface area (Å²) < 4.78 is 10.9. The van der Waals surface area contributed by atoms with E-state index >= 15 is 0 Å². The van der Waals surface area contributed by atoms with Crippen LogP contribution in [0.25, 0.3) is 0 Å². The van der Waals surface area contributed by atoms with E-state index in [2.05, 4.69) is 17.9 Å². The second kappa shape index (κ2) is 9.04. The van der Waals surface area contributed by atoms with Crippen LogP contribution in [-0.4, -0.2) is 61.5 Å². The Kier molecular flexibility index (Phi) is 6.49. The molecule has 2 aliphatic heterocycles. The van der Waals surface area contributed by atoms with E-state index in [0.717, 1.165) is 25.8 Å². The van der Waals surface area contributed by atoms with E-state index in [0.29, 0.717) is 24.3 Å². The molecule has 0 aromatic heterocycles. The quantitative estimate of drug-likeness (QED) is 0.685. The van der Waals surface area contributed by atoms with Crippen molar-refractivity contribution in [1.29, 1.82) is 5.26 Å². The number of anilines is 1. The molecular weight excluding hydrogens is 362 g/mol.